The Balaban J connectivity index is 1.93. The Morgan fingerprint density at radius 3 is 2.45 bits per heavy atom. The van der Waals surface area contributed by atoms with Crippen molar-refractivity contribution >= 4 is 0 Å². The van der Waals surface area contributed by atoms with Gasteiger partial charge in [-0.15, -0.1) is 0 Å². The van der Waals surface area contributed by atoms with Gasteiger partial charge in [0.25, 0.3) is 0 Å². The largest absolute Gasteiger partial charge is 0.296 e. The van der Waals surface area contributed by atoms with Gasteiger partial charge in [0.2, 0.25) is 0 Å². The van der Waals surface area contributed by atoms with E-state index in [9.17, 15) is 0 Å². The van der Waals surface area contributed by atoms with E-state index in [1.165, 1.54) is 57.2 Å². The summed E-state index contributed by atoms with van der Waals surface area (Å²) >= 11 is 0. The van der Waals surface area contributed by atoms with Crippen LogP contribution in [0.3, 0.4) is 0 Å². The van der Waals surface area contributed by atoms with Crippen molar-refractivity contribution in [2.45, 2.75) is 57.0 Å². The number of aromatic nitrogens is 1. The van der Waals surface area contributed by atoms with Gasteiger partial charge in [-0.3, -0.25) is 21.2 Å². The molecule has 3 N–H and O–H groups in total. The number of likely N-dealkylation sites (tertiary alicyclic amines) is 1. The molecule has 1 aromatic rings. The van der Waals surface area contributed by atoms with Crippen molar-refractivity contribution < 1.29 is 0 Å². The molecule has 1 aliphatic carbocycles. The molecule has 20 heavy (non-hydrogen) atoms. The van der Waals surface area contributed by atoms with E-state index in [-0.39, 0.29) is 11.6 Å². The van der Waals surface area contributed by atoms with E-state index in [4.69, 9.17) is 5.84 Å². The third kappa shape index (κ3) is 2.36. The number of aryl methyl sites for hydroxylation is 1. The molecule has 4 nitrogen and oxygen atoms in total. The van der Waals surface area contributed by atoms with Gasteiger partial charge < -0.3 is 0 Å². The standard InChI is InChI=1S/C16H26N4/c1-13-6-7-14(12-18-13)15(19-17)16(8-2-3-9-16)20-10-4-5-11-20/h6-7,12,15,19H,2-5,8-11,17H2,1H3. The van der Waals surface area contributed by atoms with Gasteiger partial charge in [0.15, 0.2) is 0 Å². The highest BCUT2D eigenvalue weighted by molar-refractivity contribution is 5.23. The molecule has 0 amide bonds. The normalized spacial score (nSPS) is 24.1. The minimum Gasteiger partial charge on any atom is -0.296 e. The van der Waals surface area contributed by atoms with Gasteiger partial charge in [-0.2, -0.15) is 0 Å². The van der Waals surface area contributed by atoms with Crippen LogP contribution in [0.2, 0.25) is 0 Å². The first-order chi connectivity index (χ1) is 9.76. The smallest absolute Gasteiger partial charge is 0.0658 e. The van der Waals surface area contributed by atoms with E-state index in [0.717, 1.165) is 5.69 Å². The van der Waals surface area contributed by atoms with Gasteiger partial charge in [-0.25, -0.2) is 0 Å². The molecule has 1 unspecified atom stereocenters. The second-order valence-corrected chi connectivity index (χ2v) is 6.34. The Kier molecular flexibility index (Phi) is 4.06. The molecule has 1 saturated heterocycles. The fourth-order valence-corrected chi connectivity index (χ4v) is 4.15. The second-order valence-electron chi connectivity index (χ2n) is 6.34. The number of rotatable bonds is 4. The Bertz CT molecular complexity index is 430. The Hall–Kier alpha value is -0.970. The number of nitrogens with one attached hydrogen (secondary N) is 1. The summed E-state index contributed by atoms with van der Waals surface area (Å²) in [6.07, 6.45) is 9.76. The zero-order valence-electron chi connectivity index (χ0n) is 12.4. The predicted molar refractivity (Wildman–Crippen MR) is 81.0 cm³/mol. The lowest BCUT2D eigenvalue weighted by atomic mass is 9.83. The average molecular weight is 274 g/mol. The third-order valence-corrected chi connectivity index (χ3v) is 5.18. The highest BCUT2D eigenvalue weighted by Gasteiger charge is 2.46. The second kappa shape index (κ2) is 5.80. The van der Waals surface area contributed by atoms with Crippen LogP contribution in [0.1, 0.15) is 55.8 Å². The molecule has 1 atom stereocenters. The fraction of sp³-hybridized carbons (Fsp3) is 0.688. The molecule has 4 heteroatoms. The summed E-state index contributed by atoms with van der Waals surface area (Å²) in [5.74, 6) is 5.97. The van der Waals surface area contributed by atoms with E-state index in [1.54, 1.807) is 0 Å². The molecule has 2 heterocycles. The lowest BCUT2D eigenvalue weighted by Gasteiger charge is -2.45. The summed E-state index contributed by atoms with van der Waals surface area (Å²) in [5.41, 5.74) is 5.60. The van der Waals surface area contributed by atoms with Gasteiger partial charge in [-0.05, 0) is 57.3 Å². The average Bonchev–Trinajstić information content (AvgIpc) is 3.12. The van der Waals surface area contributed by atoms with Crippen molar-refractivity contribution in [3.63, 3.8) is 0 Å². The van der Waals surface area contributed by atoms with Crippen molar-refractivity contribution in [1.29, 1.82) is 0 Å². The monoisotopic (exact) mass is 274 g/mol. The van der Waals surface area contributed by atoms with Crippen LogP contribution in [0.15, 0.2) is 18.3 Å². The third-order valence-electron chi connectivity index (χ3n) is 5.18. The van der Waals surface area contributed by atoms with Crippen molar-refractivity contribution in [3.05, 3.63) is 29.6 Å². The summed E-state index contributed by atoms with van der Waals surface area (Å²) in [6, 6.07) is 4.46. The Morgan fingerprint density at radius 2 is 1.90 bits per heavy atom. The predicted octanol–water partition coefficient (Wildman–Crippen LogP) is 2.30. The fourth-order valence-electron chi connectivity index (χ4n) is 4.15. The van der Waals surface area contributed by atoms with Crippen LogP contribution >= 0.6 is 0 Å². The highest BCUT2D eigenvalue weighted by Crippen LogP contribution is 2.45. The van der Waals surface area contributed by atoms with Gasteiger partial charge in [0.05, 0.1) is 6.04 Å². The molecular formula is C16H26N4. The lowest BCUT2D eigenvalue weighted by Crippen LogP contribution is -2.55. The number of nitrogens with zero attached hydrogens (tertiary/aromatic N) is 2. The van der Waals surface area contributed by atoms with Crippen LogP contribution in [-0.4, -0.2) is 28.5 Å². The number of pyridine rings is 1. The number of nitrogens with two attached hydrogens (primary N) is 1. The summed E-state index contributed by atoms with van der Waals surface area (Å²) in [7, 11) is 0. The van der Waals surface area contributed by atoms with Crippen molar-refractivity contribution in [1.82, 2.24) is 15.3 Å². The minimum absolute atomic E-state index is 0.191. The number of hydrogen-bond donors (Lipinski definition) is 2. The van der Waals surface area contributed by atoms with Crippen LogP contribution in [-0.2, 0) is 0 Å². The van der Waals surface area contributed by atoms with Crippen molar-refractivity contribution in [2.75, 3.05) is 13.1 Å². The first-order valence-corrected chi connectivity index (χ1v) is 7.90. The SMILES string of the molecule is Cc1ccc(C(NN)C2(N3CCCC3)CCCC2)cn1. The van der Waals surface area contributed by atoms with E-state index in [0.29, 0.717) is 0 Å². The molecule has 3 rings (SSSR count). The van der Waals surface area contributed by atoms with E-state index < -0.39 is 0 Å². The Labute approximate surface area is 121 Å². The summed E-state index contributed by atoms with van der Waals surface area (Å²) in [4.78, 5) is 7.15. The quantitative estimate of drug-likeness (QED) is 0.653. The maximum Gasteiger partial charge on any atom is 0.0658 e. The summed E-state index contributed by atoms with van der Waals surface area (Å²) in [6.45, 7) is 4.47. The molecular weight excluding hydrogens is 248 g/mol. The van der Waals surface area contributed by atoms with Crippen molar-refractivity contribution in [3.8, 4) is 0 Å². The molecule has 1 aromatic heterocycles. The van der Waals surface area contributed by atoms with Crippen LogP contribution in [0.4, 0.5) is 0 Å². The van der Waals surface area contributed by atoms with Crippen LogP contribution in [0.5, 0.6) is 0 Å². The highest BCUT2D eigenvalue weighted by atomic mass is 15.3. The molecule has 0 spiro atoms. The van der Waals surface area contributed by atoms with Crippen LogP contribution in [0, 0.1) is 6.92 Å². The zero-order chi connectivity index (χ0) is 14.0. The minimum atomic E-state index is 0.191. The maximum absolute atomic E-state index is 5.97. The van der Waals surface area contributed by atoms with Crippen molar-refractivity contribution in [2.24, 2.45) is 5.84 Å². The molecule has 1 saturated carbocycles. The maximum atomic E-state index is 5.97. The Morgan fingerprint density at radius 1 is 1.20 bits per heavy atom. The van der Waals surface area contributed by atoms with Gasteiger partial charge in [-0.1, -0.05) is 18.9 Å². The molecule has 0 bridgehead atoms. The summed E-state index contributed by atoms with van der Waals surface area (Å²) < 4.78 is 0. The van der Waals surface area contributed by atoms with E-state index in [1.807, 2.05) is 13.1 Å². The topological polar surface area (TPSA) is 54.2 Å². The molecule has 0 radical (unpaired) electrons. The molecule has 2 aliphatic rings. The summed E-state index contributed by atoms with van der Waals surface area (Å²) in [5, 5.41) is 0. The number of hydrazine groups is 1. The van der Waals surface area contributed by atoms with E-state index >= 15 is 0 Å². The lowest BCUT2D eigenvalue weighted by molar-refractivity contribution is 0.0763. The molecule has 110 valence electrons. The van der Waals surface area contributed by atoms with Gasteiger partial charge in [0.1, 0.15) is 0 Å². The first-order valence-electron chi connectivity index (χ1n) is 7.90. The zero-order valence-corrected chi connectivity index (χ0v) is 12.4. The van der Waals surface area contributed by atoms with Crippen LogP contribution < -0.4 is 11.3 Å². The van der Waals surface area contributed by atoms with E-state index in [2.05, 4.69) is 27.4 Å². The number of hydrogen-bond acceptors (Lipinski definition) is 4. The molecule has 0 aromatic carbocycles. The molecule has 2 fully saturated rings. The van der Waals surface area contributed by atoms with Gasteiger partial charge in [0, 0.05) is 17.4 Å². The molecule has 1 aliphatic heterocycles. The first kappa shape index (κ1) is 14.0. The van der Waals surface area contributed by atoms with Crippen LogP contribution in [0.25, 0.3) is 0 Å². The van der Waals surface area contributed by atoms with Gasteiger partial charge >= 0.3 is 0 Å².